The van der Waals surface area contributed by atoms with Crippen LogP contribution in [0.3, 0.4) is 0 Å². The molecule has 1 saturated heterocycles. The number of ketones is 1. The topological polar surface area (TPSA) is 112 Å². The molecule has 2 aromatic carbocycles. The summed E-state index contributed by atoms with van der Waals surface area (Å²) in [5, 5.41) is -0.497. The summed E-state index contributed by atoms with van der Waals surface area (Å²) in [6.45, 7) is 3.23. The minimum Gasteiger partial charge on any atom is -0.443 e. The third-order valence-corrected chi connectivity index (χ3v) is 9.21. The molecule has 0 spiro atoms. The number of halogens is 4. The zero-order valence-electron chi connectivity index (χ0n) is 23.1. The van der Waals surface area contributed by atoms with Crippen LogP contribution in [0.5, 0.6) is 0 Å². The maximum absolute atomic E-state index is 14.2. The van der Waals surface area contributed by atoms with Crippen molar-refractivity contribution in [3.63, 3.8) is 0 Å². The van der Waals surface area contributed by atoms with Crippen molar-refractivity contribution >= 4 is 26.8 Å². The van der Waals surface area contributed by atoms with Crippen LogP contribution in [-0.2, 0) is 27.4 Å². The molecule has 1 atom stereocenters. The second kappa shape index (κ2) is 11.2. The number of hydrogen-bond acceptors (Lipinski definition) is 6. The highest BCUT2D eigenvalue weighted by Gasteiger charge is 2.41. The Labute approximate surface area is 243 Å². The lowest BCUT2D eigenvalue weighted by molar-refractivity contribution is -0.137. The number of aryl methyl sites for hydroxylation is 1. The van der Waals surface area contributed by atoms with E-state index in [2.05, 4.69) is 0 Å². The predicted molar refractivity (Wildman–Crippen MR) is 148 cm³/mol. The fourth-order valence-electron chi connectivity index (χ4n) is 5.27. The Morgan fingerprint density at radius 1 is 1.09 bits per heavy atom. The lowest BCUT2D eigenvalue weighted by Crippen LogP contribution is -2.42. The molecule has 0 aliphatic carbocycles. The first-order valence-electron chi connectivity index (χ1n) is 13.5. The van der Waals surface area contributed by atoms with E-state index >= 15 is 0 Å². The molecule has 1 aliphatic heterocycles. The summed E-state index contributed by atoms with van der Waals surface area (Å²) in [5.41, 5.74) is -2.13. The summed E-state index contributed by atoms with van der Waals surface area (Å²) in [7, 11) is -4.30. The molecular weight excluding hydrogens is 594 g/mol. The van der Waals surface area contributed by atoms with Gasteiger partial charge in [-0.1, -0.05) is 6.07 Å². The molecule has 4 aromatic rings. The van der Waals surface area contributed by atoms with Crippen LogP contribution in [0.1, 0.15) is 50.3 Å². The minimum absolute atomic E-state index is 0.00671. The SMILES string of the molecule is CC(C)n1c(=O)c(CCC(=O)[C@@H]2CCCN2S(=O)(=O)c2cc3c(F)cccc3o2)cn(-c2ccc(C(F)(F)F)cc2)c1=O. The lowest BCUT2D eigenvalue weighted by Gasteiger charge is -2.22. The molecule has 43 heavy (non-hydrogen) atoms. The van der Waals surface area contributed by atoms with Crippen molar-refractivity contribution in [2.75, 3.05) is 6.54 Å². The zero-order chi connectivity index (χ0) is 31.3. The highest BCUT2D eigenvalue weighted by Crippen LogP contribution is 2.32. The number of nitrogens with zero attached hydrogens (tertiary/aromatic N) is 3. The summed E-state index contributed by atoms with van der Waals surface area (Å²) in [4.78, 5) is 39.6. The number of aromatic nitrogens is 2. The number of rotatable bonds is 8. The van der Waals surface area contributed by atoms with Gasteiger partial charge >= 0.3 is 11.9 Å². The number of alkyl halides is 3. The van der Waals surface area contributed by atoms with Crippen molar-refractivity contribution in [3.05, 3.63) is 92.5 Å². The highest BCUT2D eigenvalue weighted by molar-refractivity contribution is 7.89. The van der Waals surface area contributed by atoms with Gasteiger partial charge < -0.3 is 4.42 Å². The third-order valence-electron chi connectivity index (χ3n) is 7.44. The molecule has 1 aliphatic rings. The number of hydrogen-bond donors (Lipinski definition) is 0. The van der Waals surface area contributed by atoms with E-state index in [1.54, 1.807) is 13.8 Å². The van der Waals surface area contributed by atoms with Crippen LogP contribution in [-0.4, -0.2) is 40.2 Å². The first-order chi connectivity index (χ1) is 20.2. The molecule has 9 nitrogen and oxygen atoms in total. The van der Waals surface area contributed by atoms with Crippen LogP contribution >= 0.6 is 0 Å². The number of Topliss-reactive ketones (excluding diaryl/α,β-unsaturated/α-hetero) is 1. The van der Waals surface area contributed by atoms with Gasteiger partial charge in [-0.3, -0.25) is 18.7 Å². The number of carbonyl (C=O) groups excluding carboxylic acids is 1. The van der Waals surface area contributed by atoms with Crippen molar-refractivity contribution in [3.8, 4) is 5.69 Å². The Bertz CT molecular complexity index is 1920. The largest absolute Gasteiger partial charge is 0.443 e. The molecule has 0 N–H and O–H groups in total. The van der Waals surface area contributed by atoms with Gasteiger partial charge in [0.15, 0.2) is 5.78 Å². The summed E-state index contributed by atoms with van der Waals surface area (Å²) in [6.07, 6.45) is -3.15. The van der Waals surface area contributed by atoms with Gasteiger partial charge in [0, 0.05) is 36.8 Å². The lowest BCUT2D eigenvalue weighted by atomic mass is 10.0. The zero-order valence-corrected chi connectivity index (χ0v) is 23.9. The average Bonchev–Trinajstić information content (AvgIpc) is 3.62. The van der Waals surface area contributed by atoms with E-state index in [0.29, 0.717) is 6.42 Å². The van der Waals surface area contributed by atoms with Crippen LogP contribution in [0.25, 0.3) is 16.7 Å². The average molecular weight is 622 g/mol. The molecule has 2 aromatic heterocycles. The minimum atomic E-state index is -4.58. The standard InChI is InChI=1S/C29H27F4N3O6S/c1-17(2)36-27(38)18(16-34(28(36)39)20-11-9-19(10-12-20)29(31,32)33)8-13-24(37)23-6-4-14-35(23)43(40,41)26-15-21-22(30)5-3-7-25(21)42-26/h3,5,7,9-12,15-17,23H,4,6,8,13-14H2,1-2H3/t23-/m0/s1. The molecule has 0 unspecified atom stereocenters. The van der Waals surface area contributed by atoms with Crippen LogP contribution in [0, 0.1) is 5.82 Å². The molecule has 228 valence electrons. The van der Waals surface area contributed by atoms with Gasteiger partial charge in [-0.05, 0) is 69.5 Å². The van der Waals surface area contributed by atoms with Crippen LogP contribution in [0.2, 0.25) is 0 Å². The van der Waals surface area contributed by atoms with E-state index in [1.165, 1.54) is 24.4 Å². The molecule has 0 saturated carbocycles. The Morgan fingerprint density at radius 2 is 1.79 bits per heavy atom. The number of benzene rings is 2. The molecule has 3 heterocycles. The number of fused-ring (bicyclic) bond motifs is 1. The fraction of sp³-hybridized carbons (Fsp3) is 0.345. The van der Waals surface area contributed by atoms with Gasteiger partial charge in [0.25, 0.3) is 15.6 Å². The highest BCUT2D eigenvalue weighted by atomic mass is 32.2. The predicted octanol–water partition coefficient (Wildman–Crippen LogP) is 4.84. The van der Waals surface area contributed by atoms with Crippen molar-refractivity contribution in [2.24, 2.45) is 0 Å². The maximum Gasteiger partial charge on any atom is 0.416 e. The summed E-state index contributed by atoms with van der Waals surface area (Å²) in [5.74, 6) is -1.12. The Hall–Kier alpha value is -4.04. The third kappa shape index (κ3) is 5.68. The summed E-state index contributed by atoms with van der Waals surface area (Å²) < 4.78 is 88.5. The molecule has 0 radical (unpaired) electrons. The first kappa shape index (κ1) is 30.4. The summed E-state index contributed by atoms with van der Waals surface area (Å²) in [6, 6.07) is 7.29. The number of sulfonamides is 1. The molecule has 0 bridgehead atoms. The van der Waals surface area contributed by atoms with Gasteiger partial charge in [0.05, 0.1) is 22.7 Å². The van der Waals surface area contributed by atoms with Gasteiger partial charge in [-0.25, -0.2) is 17.6 Å². The Morgan fingerprint density at radius 3 is 2.42 bits per heavy atom. The van der Waals surface area contributed by atoms with Crippen molar-refractivity contribution in [1.82, 2.24) is 13.4 Å². The molecule has 14 heteroatoms. The van der Waals surface area contributed by atoms with E-state index in [1.807, 2.05) is 0 Å². The fourth-order valence-corrected chi connectivity index (χ4v) is 6.89. The number of furan rings is 1. The second-order valence-corrected chi connectivity index (χ2v) is 12.4. The maximum atomic E-state index is 14.2. The second-order valence-electron chi connectivity index (χ2n) is 10.6. The first-order valence-corrected chi connectivity index (χ1v) is 14.9. The quantitative estimate of drug-likeness (QED) is 0.261. The van der Waals surface area contributed by atoms with Crippen LogP contribution in [0.4, 0.5) is 17.6 Å². The van der Waals surface area contributed by atoms with E-state index in [0.717, 1.165) is 43.8 Å². The molecular formula is C29H27F4N3O6S. The Kier molecular flexibility index (Phi) is 7.94. The molecule has 0 amide bonds. The van der Waals surface area contributed by atoms with Gasteiger partial charge in [0.2, 0.25) is 5.09 Å². The van der Waals surface area contributed by atoms with Crippen molar-refractivity contribution in [2.45, 2.75) is 62.9 Å². The smallest absolute Gasteiger partial charge is 0.416 e. The van der Waals surface area contributed by atoms with Crippen LogP contribution in [0.15, 0.2) is 73.8 Å². The van der Waals surface area contributed by atoms with E-state index < -0.39 is 61.8 Å². The van der Waals surface area contributed by atoms with Crippen LogP contribution < -0.4 is 11.2 Å². The van der Waals surface area contributed by atoms with Crippen molar-refractivity contribution < 1.29 is 35.2 Å². The van der Waals surface area contributed by atoms with E-state index in [9.17, 15) is 40.4 Å². The van der Waals surface area contributed by atoms with Crippen molar-refractivity contribution in [1.29, 1.82) is 0 Å². The summed E-state index contributed by atoms with van der Waals surface area (Å²) >= 11 is 0. The van der Waals surface area contributed by atoms with Gasteiger partial charge in [-0.2, -0.15) is 17.5 Å². The van der Waals surface area contributed by atoms with Gasteiger partial charge in [0.1, 0.15) is 11.4 Å². The van der Waals surface area contributed by atoms with Gasteiger partial charge in [-0.15, -0.1) is 0 Å². The number of carbonyl (C=O) groups is 1. The van der Waals surface area contributed by atoms with E-state index in [4.69, 9.17) is 4.42 Å². The monoisotopic (exact) mass is 621 g/mol. The molecule has 1 fully saturated rings. The molecule has 5 rings (SSSR count). The normalized spacial score (nSPS) is 16.4. The van der Waals surface area contributed by atoms with E-state index in [-0.39, 0.29) is 48.0 Å². The Balaban J connectivity index is 1.41.